The molecule has 0 aliphatic carbocycles. The van der Waals surface area contributed by atoms with Crippen LogP contribution in [0.1, 0.15) is 12.8 Å². The van der Waals surface area contributed by atoms with Gasteiger partial charge in [-0.15, -0.1) is 0 Å². The Bertz CT molecular complexity index is 479. The minimum atomic E-state index is -0.494. The standard InChI is InChI=1S/C13H16Cl2N2O3/c1-20-8-9-2-4-16(5-3-9)13-11(14)6-10(17(18)19)7-12(13)15/h6-7,9H,2-5,8H2,1H3. The molecule has 1 aliphatic rings. The predicted octanol–water partition coefficient (Wildman–Crippen LogP) is 3.76. The Kier molecular flexibility index (Phi) is 5.07. The van der Waals surface area contributed by atoms with E-state index < -0.39 is 4.92 Å². The van der Waals surface area contributed by atoms with Gasteiger partial charge < -0.3 is 9.64 Å². The molecular weight excluding hydrogens is 303 g/mol. The number of rotatable bonds is 4. The summed E-state index contributed by atoms with van der Waals surface area (Å²) in [5.41, 5.74) is 0.604. The Morgan fingerprint density at radius 1 is 1.35 bits per heavy atom. The molecule has 5 nitrogen and oxygen atoms in total. The average Bonchev–Trinajstić information content (AvgIpc) is 2.40. The number of anilines is 1. The molecule has 0 bridgehead atoms. The smallest absolute Gasteiger partial charge is 0.272 e. The number of piperidine rings is 1. The topological polar surface area (TPSA) is 55.6 Å². The summed E-state index contributed by atoms with van der Waals surface area (Å²) < 4.78 is 5.17. The van der Waals surface area contributed by atoms with Crippen molar-refractivity contribution < 1.29 is 9.66 Å². The Labute approximate surface area is 127 Å². The fourth-order valence-electron chi connectivity index (χ4n) is 2.52. The summed E-state index contributed by atoms with van der Waals surface area (Å²) in [4.78, 5) is 12.4. The van der Waals surface area contributed by atoms with Gasteiger partial charge in [0.05, 0.1) is 20.7 Å². The van der Waals surface area contributed by atoms with Crippen molar-refractivity contribution in [3.8, 4) is 0 Å². The van der Waals surface area contributed by atoms with Gasteiger partial charge in [-0.3, -0.25) is 10.1 Å². The van der Waals surface area contributed by atoms with Crippen LogP contribution in [0.3, 0.4) is 0 Å². The van der Waals surface area contributed by atoms with Crippen molar-refractivity contribution in [3.63, 3.8) is 0 Å². The minimum Gasteiger partial charge on any atom is -0.384 e. The molecule has 1 aliphatic heterocycles. The summed E-state index contributed by atoms with van der Waals surface area (Å²) in [5, 5.41) is 11.4. The molecular formula is C13H16Cl2N2O3. The SMILES string of the molecule is COCC1CCN(c2c(Cl)cc([N+](=O)[O-])cc2Cl)CC1. The van der Waals surface area contributed by atoms with E-state index in [1.54, 1.807) is 7.11 Å². The zero-order valence-corrected chi connectivity index (χ0v) is 12.7. The van der Waals surface area contributed by atoms with Crippen LogP contribution in [0, 0.1) is 16.0 Å². The Hall–Kier alpha value is -1.04. The second kappa shape index (κ2) is 6.61. The fraction of sp³-hybridized carbons (Fsp3) is 0.538. The normalized spacial score (nSPS) is 16.4. The second-order valence-corrected chi connectivity index (χ2v) is 5.72. The molecule has 0 aromatic heterocycles. The number of hydrogen-bond acceptors (Lipinski definition) is 4. The second-order valence-electron chi connectivity index (χ2n) is 4.90. The molecule has 0 saturated carbocycles. The largest absolute Gasteiger partial charge is 0.384 e. The van der Waals surface area contributed by atoms with Crippen molar-refractivity contribution in [2.24, 2.45) is 5.92 Å². The molecule has 0 unspecified atom stereocenters. The van der Waals surface area contributed by atoms with Crippen LogP contribution in [0.2, 0.25) is 10.0 Å². The predicted molar refractivity (Wildman–Crippen MR) is 79.9 cm³/mol. The first-order valence-corrected chi connectivity index (χ1v) is 7.16. The highest BCUT2D eigenvalue weighted by Crippen LogP contribution is 2.39. The molecule has 0 atom stereocenters. The lowest BCUT2D eigenvalue weighted by Gasteiger charge is -2.34. The van der Waals surface area contributed by atoms with E-state index >= 15 is 0 Å². The first-order chi connectivity index (χ1) is 9.52. The van der Waals surface area contributed by atoms with Crippen LogP contribution < -0.4 is 4.90 Å². The van der Waals surface area contributed by atoms with Crippen molar-refractivity contribution in [1.29, 1.82) is 0 Å². The monoisotopic (exact) mass is 318 g/mol. The molecule has 0 amide bonds. The maximum atomic E-state index is 10.8. The van der Waals surface area contributed by atoms with E-state index in [1.165, 1.54) is 12.1 Å². The molecule has 1 fully saturated rings. The number of halogens is 2. The van der Waals surface area contributed by atoms with Gasteiger partial charge in [0.2, 0.25) is 0 Å². The van der Waals surface area contributed by atoms with Crippen molar-refractivity contribution in [2.45, 2.75) is 12.8 Å². The average molecular weight is 319 g/mol. The first-order valence-electron chi connectivity index (χ1n) is 6.40. The van der Waals surface area contributed by atoms with Gasteiger partial charge in [0, 0.05) is 38.9 Å². The lowest BCUT2D eigenvalue weighted by atomic mass is 9.97. The van der Waals surface area contributed by atoms with E-state index in [9.17, 15) is 10.1 Å². The zero-order valence-electron chi connectivity index (χ0n) is 11.1. The Morgan fingerprint density at radius 3 is 2.35 bits per heavy atom. The summed E-state index contributed by atoms with van der Waals surface area (Å²) in [6, 6.07) is 2.70. The van der Waals surface area contributed by atoms with Crippen LogP contribution in [-0.4, -0.2) is 31.7 Å². The van der Waals surface area contributed by atoms with Crippen LogP contribution in [0.25, 0.3) is 0 Å². The highest BCUT2D eigenvalue weighted by Gasteiger charge is 2.24. The van der Waals surface area contributed by atoms with Gasteiger partial charge in [-0.1, -0.05) is 23.2 Å². The maximum Gasteiger partial charge on any atom is 0.272 e. The summed E-state index contributed by atoms with van der Waals surface area (Å²) in [6.07, 6.45) is 2.00. The molecule has 1 heterocycles. The third-order valence-electron chi connectivity index (χ3n) is 3.55. The van der Waals surface area contributed by atoms with E-state index in [0.29, 0.717) is 21.7 Å². The molecule has 0 spiro atoms. The lowest BCUT2D eigenvalue weighted by molar-refractivity contribution is -0.384. The molecule has 20 heavy (non-hydrogen) atoms. The van der Waals surface area contributed by atoms with Gasteiger partial charge in [-0.05, 0) is 18.8 Å². The van der Waals surface area contributed by atoms with Crippen molar-refractivity contribution in [3.05, 3.63) is 32.3 Å². The summed E-state index contributed by atoms with van der Waals surface area (Å²) >= 11 is 12.3. The van der Waals surface area contributed by atoms with Crippen LogP contribution in [0.5, 0.6) is 0 Å². The number of nitrogens with zero attached hydrogens (tertiary/aromatic N) is 2. The van der Waals surface area contributed by atoms with Gasteiger partial charge in [-0.25, -0.2) is 0 Å². The van der Waals surface area contributed by atoms with E-state index in [-0.39, 0.29) is 5.69 Å². The van der Waals surface area contributed by atoms with E-state index in [2.05, 4.69) is 4.90 Å². The molecule has 1 aromatic carbocycles. The van der Waals surface area contributed by atoms with Crippen LogP contribution in [0.15, 0.2) is 12.1 Å². The van der Waals surface area contributed by atoms with Gasteiger partial charge in [-0.2, -0.15) is 0 Å². The molecule has 1 saturated heterocycles. The molecule has 0 radical (unpaired) electrons. The number of methoxy groups -OCH3 is 1. The number of hydrogen-bond donors (Lipinski definition) is 0. The molecule has 1 aromatic rings. The highest BCUT2D eigenvalue weighted by atomic mass is 35.5. The number of ether oxygens (including phenoxy) is 1. The van der Waals surface area contributed by atoms with E-state index in [4.69, 9.17) is 27.9 Å². The van der Waals surface area contributed by atoms with Gasteiger partial charge in [0.1, 0.15) is 0 Å². The molecule has 7 heteroatoms. The lowest BCUT2D eigenvalue weighted by Crippen LogP contribution is -2.35. The fourth-order valence-corrected chi connectivity index (χ4v) is 3.23. The first kappa shape index (κ1) is 15.4. The summed E-state index contributed by atoms with van der Waals surface area (Å²) in [7, 11) is 1.70. The minimum absolute atomic E-state index is 0.0852. The number of benzene rings is 1. The number of nitro benzene ring substituents is 1. The van der Waals surface area contributed by atoms with E-state index in [0.717, 1.165) is 32.5 Å². The maximum absolute atomic E-state index is 10.8. The van der Waals surface area contributed by atoms with Crippen molar-refractivity contribution in [1.82, 2.24) is 0 Å². The molecule has 110 valence electrons. The van der Waals surface area contributed by atoms with Gasteiger partial charge >= 0.3 is 0 Å². The molecule has 0 N–H and O–H groups in total. The number of nitro groups is 1. The quantitative estimate of drug-likeness (QED) is 0.626. The van der Waals surface area contributed by atoms with Crippen LogP contribution in [0.4, 0.5) is 11.4 Å². The third-order valence-corrected chi connectivity index (χ3v) is 4.12. The van der Waals surface area contributed by atoms with Crippen molar-refractivity contribution in [2.75, 3.05) is 31.7 Å². The summed E-state index contributed by atoms with van der Waals surface area (Å²) in [6.45, 7) is 2.41. The van der Waals surface area contributed by atoms with Crippen molar-refractivity contribution >= 4 is 34.6 Å². The number of non-ortho nitro benzene ring substituents is 1. The van der Waals surface area contributed by atoms with E-state index in [1.807, 2.05) is 0 Å². The zero-order chi connectivity index (χ0) is 14.7. The van der Waals surface area contributed by atoms with Gasteiger partial charge in [0.15, 0.2) is 0 Å². The van der Waals surface area contributed by atoms with Crippen LogP contribution in [-0.2, 0) is 4.74 Å². The Morgan fingerprint density at radius 2 is 1.90 bits per heavy atom. The van der Waals surface area contributed by atoms with Crippen LogP contribution >= 0.6 is 23.2 Å². The highest BCUT2D eigenvalue weighted by molar-refractivity contribution is 6.39. The Balaban J connectivity index is 2.16. The third kappa shape index (κ3) is 3.34. The van der Waals surface area contributed by atoms with Gasteiger partial charge in [0.25, 0.3) is 5.69 Å². The summed E-state index contributed by atoms with van der Waals surface area (Å²) in [5.74, 6) is 0.548. The molecule has 2 rings (SSSR count).